The highest BCUT2D eigenvalue weighted by atomic mass is 79.9. The fraction of sp³-hybridized carbons (Fsp3) is 0.353. The molecule has 0 atom stereocenters. The number of amides is 1. The van der Waals surface area contributed by atoms with Crippen LogP contribution in [0.15, 0.2) is 46.3 Å². The molecule has 1 fully saturated rings. The minimum atomic E-state index is 0.0131. The van der Waals surface area contributed by atoms with Crippen molar-refractivity contribution >= 4 is 33.2 Å². The van der Waals surface area contributed by atoms with Gasteiger partial charge in [0.2, 0.25) is 0 Å². The molecule has 1 aromatic carbocycles. The molecule has 1 aliphatic carbocycles. The highest BCUT2D eigenvalue weighted by Crippen LogP contribution is 2.42. The molecule has 0 saturated heterocycles. The van der Waals surface area contributed by atoms with Gasteiger partial charge in [-0.05, 0) is 42.5 Å². The van der Waals surface area contributed by atoms with Crippen LogP contribution in [0.5, 0.6) is 0 Å². The maximum atomic E-state index is 12.3. The van der Waals surface area contributed by atoms with Crippen LogP contribution in [0.4, 0.5) is 0 Å². The number of rotatable bonds is 4. The summed E-state index contributed by atoms with van der Waals surface area (Å²) >= 11 is 5.22. The van der Waals surface area contributed by atoms with Crippen LogP contribution < -0.4 is 5.32 Å². The third-order valence-electron chi connectivity index (χ3n) is 4.28. The van der Waals surface area contributed by atoms with Crippen molar-refractivity contribution in [3.63, 3.8) is 0 Å². The van der Waals surface area contributed by atoms with Gasteiger partial charge in [-0.1, -0.05) is 40.9 Å². The summed E-state index contributed by atoms with van der Waals surface area (Å²) < 4.78 is 0.934. The molecule has 1 aromatic heterocycles. The molecule has 2 nitrogen and oxygen atoms in total. The van der Waals surface area contributed by atoms with Crippen LogP contribution in [-0.4, -0.2) is 12.5 Å². The van der Waals surface area contributed by atoms with Gasteiger partial charge in [-0.25, -0.2) is 0 Å². The Morgan fingerprint density at radius 1 is 1.24 bits per heavy atom. The van der Waals surface area contributed by atoms with Crippen molar-refractivity contribution in [1.29, 1.82) is 0 Å². The molecule has 110 valence electrons. The fourth-order valence-corrected chi connectivity index (χ4v) is 4.51. The lowest BCUT2D eigenvalue weighted by Gasteiger charge is -2.28. The number of carbonyl (C=O) groups is 1. The zero-order valence-electron chi connectivity index (χ0n) is 11.8. The van der Waals surface area contributed by atoms with Gasteiger partial charge in [0.15, 0.2) is 0 Å². The highest BCUT2D eigenvalue weighted by molar-refractivity contribution is 9.10. The molecule has 0 unspecified atom stereocenters. The Balaban J connectivity index is 1.72. The van der Waals surface area contributed by atoms with E-state index < -0.39 is 0 Å². The Morgan fingerprint density at radius 3 is 2.71 bits per heavy atom. The van der Waals surface area contributed by atoms with Crippen LogP contribution in [-0.2, 0) is 5.41 Å². The van der Waals surface area contributed by atoms with Crippen molar-refractivity contribution in [3.05, 3.63) is 56.7 Å². The van der Waals surface area contributed by atoms with Gasteiger partial charge in [0.05, 0.1) is 0 Å². The van der Waals surface area contributed by atoms with E-state index in [0.717, 1.165) is 11.0 Å². The Hall–Kier alpha value is -1.13. The summed E-state index contributed by atoms with van der Waals surface area (Å²) in [6, 6.07) is 11.9. The van der Waals surface area contributed by atoms with Crippen molar-refractivity contribution in [3.8, 4) is 0 Å². The van der Waals surface area contributed by atoms with Gasteiger partial charge in [0.1, 0.15) is 0 Å². The Labute approximate surface area is 137 Å². The molecule has 0 radical (unpaired) electrons. The molecule has 1 heterocycles. The Kier molecular flexibility index (Phi) is 4.45. The van der Waals surface area contributed by atoms with Gasteiger partial charge in [-0.2, -0.15) is 0 Å². The monoisotopic (exact) mass is 363 g/mol. The zero-order valence-corrected chi connectivity index (χ0v) is 14.2. The molecule has 0 spiro atoms. The van der Waals surface area contributed by atoms with E-state index >= 15 is 0 Å². The van der Waals surface area contributed by atoms with E-state index in [1.165, 1.54) is 30.6 Å². The first-order valence-corrected chi connectivity index (χ1v) is 8.95. The first-order valence-electron chi connectivity index (χ1n) is 7.27. The molecular weight excluding hydrogens is 346 g/mol. The Morgan fingerprint density at radius 2 is 2.05 bits per heavy atom. The molecule has 3 rings (SSSR count). The first-order chi connectivity index (χ1) is 10.2. The number of hydrogen-bond donors (Lipinski definition) is 1. The average Bonchev–Trinajstić information content (AvgIpc) is 3.16. The van der Waals surface area contributed by atoms with Crippen LogP contribution in [0.3, 0.4) is 0 Å². The standard InChI is InChI=1S/C17H18BrNOS/c18-14-6-3-5-13(11-14)16(20)19-12-17(8-1-2-9-17)15-7-4-10-21-15/h3-7,10-11H,1-2,8-9,12H2,(H,19,20). The SMILES string of the molecule is O=C(NCC1(c2cccs2)CCCC1)c1cccc(Br)c1. The molecule has 21 heavy (non-hydrogen) atoms. The third-order valence-corrected chi connectivity index (χ3v) is 5.89. The van der Waals surface area contributed by atoms with Crippen molar-refractivity contribution in [2.45, 2.75) is 31.1 Å². The number of nitrogens with one attached hydrogen (secondary N) is 1. The van der Waals surface area contributed by atoms with E-state index in [4.69, 9.17) is 0 Å². The van der Waals surface area contributed by atoms with E-state index in [1.54, 1.807) is 0 Å². The molecule has 0 aliphatic heterocycles. The molecule has 0 bridgehead atoms. The molecule has 1 aliphatic rings. The molecular formula is C17H18BrNOS. The van der Waals surface area contributed by atoms with Gasteiger partial charge in [-0.15, -0.1) is 11.3 Å². The van der Waals surface area contributed by atoms with E-state index in [-0.39, 0.29) is 11.3 Å². The van der Waals surface area contributed by atoms with Crippen molar-refractivity contribution in [2.75, 3.05) is 6.54 Å². The summed E-state index contributed by atoms with van der Waals surface area (Å²) in [6.07, 6.45) is 4.86. The molecule has 4 heteroatoms. The largest absolute Gasteiger partial charge is 0.351 e. The minimum Gasteiger partial charge on any atom is -0.351 e. The summed E-state index contributed by atoms with van der Waals surface area (Å²) in [4.78, 5) is 13.7. The summed E-state index contributed by atoms with van der Waals surface area (Å²) in [5.41, 5.74) is 0.860. The van der Waals surface area contributed by atoms with Crippen LogP contribution in [0.2, 0.25) is 0 Å². The van der Waals surface area contributed by atoms with Crippen LogP contribution in [0.25, 0.3) is 0 Å². The van der Waals surface area contributed by atoms with Gasteiger partial charge in [-0.3, -0.25) is 4.79 Å². The highest BCUT2D eigenvalue weighted by Gasteiger charge is 2.36. The lowest BCUT2D eigenvalue weighted by molar-refractivity contribution is 0.0943. The molecule has 1 N–H and O–H groups in total. The van der Waals surface area contributed by atoms with Gasteiger partial charge in [0.25, 0.3) is 5.91 Å². The van der Waals surface area contributed by atoms with Gasteiger partial charge < -0.3 is 5.32 Å². The van der Waals surface area contributed by atoms with E-state index in [9.17, 15) is 4.79 Å². The van der Waals surface area contributed by atoms with E-state index in [1.807, 2.05) is 35.6 Å². The second-order valence-electron chi connectivity index (χ2n) is 5.66. The molecule has 1 saturated carbocycles. The smallest absolute Gasteiger partial charge is 0.251 e. The second kappa shape index (κ2) is 6.32. The number of thiophene rings is 1. The maximum Gasteiger partial charge on any atom is 0.251 e. The number of carbonyl (C=O) groups excluding carboxylic acids is 1. The van der Waals surface area contributed by atoms with E-state index in [2.05, 4.69) is 38.8 Å². The summed E-state index contributed by atoms with van der Waals surface area (Å²) in [5.74, 6) is 0.0131. The predicted molar refractivity (Wildman–Crippen MR) is 90.9 cm³/mol. The molecule has 1 amide bonds. The first kappa shape index (κ1) is 14.8. The fourth-order valence-electron chi connectivity index (χ4n) is 3.12. The van der Waals surface area contributed by atoms with Crippen LogP contribution in [0, 0.1) is 0 Å². The summed E-state index contributed by atoms with van der Waals surface area (Å²) in [7, 11) is 0. The van der Waals surface area contributed by atoms with Crippen LogP contribution in [0.1, 0.15) is 40.9 Å². The molecule has 2 aromatic rings. The van der Waals surface area contributed by atoms with Crippen molar-refractivity contribution in [1.82, 2.24) is 5.32 Å². The van der Waals surface area contributed by atoms with Gasteiger partial charge in [0, 0.05) is 26.9 Å². The van der Waals surface area contributed by atoms with Gasteiger partial charge >= 0.3 is 0 Å². The number of halogens is 1. The number of benzene rings is 1. The number of hydrogen-bond acceptors (Lipinski definition) is 2. The minimum absolute atomic E-state index is 0.0131. The maximum absolute atomic E-state index is 12.3. The van der Waals surface area contributed by atoms with Crippen LogP contribution >= 0.6 is 27.3 Å². The lowest BCUT2D eigenvalue weighted by Crippen LogP contribution is -2.38. The Bertz CT molecular complexity index is 617. The lowest BCUT2D eigenvalue weighted by atomic mass is 9.84. The predicted octanol–water partition coefficient (Wildman–Crippen LogP) is 4.75. The average molecular weight is 364 g/mol. The summed E-state index contributed by atoms with van der Waals surface area (Å²) in [5, 5.41) is 5.27. The second-order valence-corrected chi connectivity index (χ2v) is 7.52. The van der Waals surface area contributed by atoms with Crippen molar-refractivity contribution < 1.29 is 4.79 Å². The van der Waals surface area contributed by atoms with Crippen molar-refractivity contribution in [2.24, 2.45) is 0 Å². The van der Waals surface area contributed by atoms with E-state index in [0.29, 0.717) is 5.56 Å². The quantitative estimate of drug-likeness (QED) is 0.833. The topological polar surface area (TPSA) is 29.1 Å². The third kappa shape index (κ3) is 3.22. The summed E-state index contributed by atoms with van der Waals surface area (Å²) in [6.45, 7) is 0.735. The normalized spacial score (nSPS) is 16.8. The zero-order chi connectivity index (χ0) is 14.7.